The molecule has 4 rings (SSSR count). The van der Waals surface area contributed by atoms with E-state index >= 15 is 0 Å². The molecule has 0 aliphatic carbocycles. The third-order valence-corrected chi connectivity index (χ3v) is 8.44. The summed E-state index contributed by atoms with van der Waals surface area (Å²) in [7, 11) is -2.21. The van der Waals surface area contributed by atoms with Gasteiger partial charge in [0.15, 0.2) is 10.7 Å². The van der Waals surface area contributed by atoms with Crippen molar-refractivity contribution in [2.45, 2.75) is 38.1 Å². The predicted octanol–water partition coefficient (Wildman–Crippen LogP) is 4.19. The molecule has 2 heterocycles. The minimum Gasteiger partial charge on any atom is -0.497 e. The summed E-state index contributed by atoms with van der Waals surface area (Å²) in [6.07, 6.45) is 4.34. The minimum absolute atomic E-state index is 0.0641. The SMILES string of the molecule is COc1ccc(CNC(=O)C2CCN(S(=O)(=O)c3c(C)noc3/C=C/c3ccc(C)cc3)CC2)cc1. The summed E-state index contributed by atoms with van der Waals surface area (Å²) in [5.41, 5.74) is 3.36. The number of nitrogens with one attached hydrogen (secondary N) is 1. The Morgan fingerprint density at radius 2 is 1.75 bits per heavy atom. The Balaban J connectivity index is 1.38. The van der Waals surface area contributed by atoms with Crippen LogP contribution in [0.1, 0.15) is 41.0 Å². The van der Waals surface area contributed by atoms with Crippen LogP contribution < -0.4 is 10.1 Å². The summed E-state index contributed by atoms with van der Waals surface area (Å²) in [6, 6.07) is 15.4. The first-order chi connectivity index (χ1) is 17.3. The monoisotopic (exact) mass is 509 g/mol. The van der Waals surface area contributed by atoms with Gasteiger partial charge in [0, 0.05) is 25.6 Å². The van der Waals surface area contributed by atoms with Gasteiger partial charge in [-0.2, -0.15) is 4.31 Å². The standard InChI is InChI=1S/C27H31N3O5S/c1-19-4-6-21(7-5-19)10-13-25-26(20(2)29-35-25)36(32,33)30-16-14-23(15-17-30)27(31)28-18-22-8-11-24(34-3)12-9-22/h4-13,23H,14-18H2,1-3H3,(H,28,31)/b13-10+. The number of ether oxygens (including phenoxy) is 1. The Morgan fingerprint density at radius 1 is 1.08 bits per heavy atom. The molecule has 1 aromatic heterocycles. The van der Waals surface area contributed by atoms with Gasteiger partial charge in [0.25, 0.3) is 0 Å². The van der Waals surface area contributed by atoms with Gasteiger partial charge < -0.3 is 14.6 Å². The molecule has 1 amide bonds. The highest BCUT2D eigenvalue weighted by atomic mass is 32.2. The second-order valence-electron chi connectivity index (χ2n) is 8.95. The zero-order valence-electron chi connectivity index (χ0n) is 20.7. The van der Waals surface area contributed by atoms with E-state index in [0.29, 0.717) is 25.1 Å². The lowest BCUT2D eigenvalue weighted by atomic mass is 9.97. The van der Waals surface area contributed by atoms with Crippen LogP contribution in [0.3, 0.4) is 0 Å². The maximum atomic E-state index is 13.5. The lowest BCUT2D eigenvalue weighted by Gasteiger charge is -2.30. The van der Waals surface area contributed by atoms with Crippen molar-refractivity contribution in [2.24, 2.45) is 5.92 Å². The van der Waals surface area contributed by atoms with E-state index in [4.69, 9.17) is 9.26 Å². The molecule has 1 aliphatic heterocycles. The van der Waals surface area contributed by atoms with Gasteiger partial charge >= 0.3 is 0 Å². The maximum absolute atomic E-state index is 13.5. The fourth-order valence-corrected chi connectivity index (χ4v) is 5.93. The van der Waals surface area contributed by atoms with Crippen molar-refractivity contribution in [3.63, 3.8) is 0 Å². The van der Waals surface area contributed by atoms with Crippen LogP contribution in [0.2, 0.25) is 0 Å². The van der Waals surface area contributed by atoms with E-state index in [1.807, 2.05) is 55.5 Å². The number of benzene rings is 2. The van der Waals surface area contributed by atoms with E-state index in [9.17, 15) is 13.2 Å². The number of sulfonamides is 1. The molecule has 0 spiro atoms. The summed E-state index contributed by atoms with van der Waals surface area (Å²) in [5, 5.41) is 6.87. The van der Waals surface area contributed by atoms with Gasteiger partial charge in [-0.3, -0.25) is 4.79 Å². The zero-order chi connectivity index (χ0) is 25.7. The van der Waals surface area contributed by atoms with Crippen LogP contribution in [0.25, 0.3) is 12.2 Å². The molecule has 2 aromatic carbocycles. The van der Waals surface area contributed by atoms with E-state index in [1.165, 1.54) is 4.31 Å². The molecule has 1 saturated heterocycles. The second kappa shape index (κ2) is 11.1. The third kappa shape index (κ3) is 5.85. The third-order valence-electron chi connectivity index (χ3n) is 6.39. The van der Waals surface area contributed by atoms with Crippen molar-refractivity contribution in [3.05, 3.63) is 76.7 Å². The Kier molecular flexibility index (Phi) is 7.91. The molecule has 1 N–H and O–H groups in total. The molecule has 0 saturated carbocycles. The summed E-state index contributed by atoms with van der Waals surface area (Å²) < 4.78 is 38.9. The van der Waals surface area contributed by atoms with Crippen molar-refractivity contribution in [2.75, 3.05) is 20.2 Å². The molecule has 9 heteroatoms. The Labute approximate surface area is 212 Å². The Bertz CT molecular complexity index is 1320. The van der Waals surface area contributed by atoms with Crippen LogP contribution in [-0.2, 0) is 21.4 Å². The summed E-state index contributed by atoms with van der Waals surface area (Å²) in [4.78, 5) is 12.8. The smallest absolute Gasteiger partial charge is 0.248 e. The number of carbonyl (C=O) groups is 1. The highest BCUT2D eigenvalue weighted by Crippen LogP contribution is 2.29. The summed E-state index contributed by atoms with van der Waals surface area (Å²) in [5.74, 6) is 0.660. The molecular formula is C27H31N3O5S. The minimum atomic E-state index is -3.82. The van der Waals surface area contributed by atoms with Crippen LogP contribution >= 0.6 is 0 Å². The number of piperidine rings is 1. The summed E-state index contributed by atoms with van der Waals surface area (Å²) >= 11 is 0. The topological polar surface area (TPSA) is 102 Å². The molecule has 1 fully saturated rings. The molecule has 190 valence electrons. The fraction of sp³-hybridized carbons (Fsp3) is 0.333. The van der Waals surface area contributed by atoms with E-state index in [2.05, 4.69) is 10.5 Å². The van der Waals surface area contributed by atoms with Gasteiger partial charge in [0.1, 0.15) is 11.4 Å². The van der Waals surface area contributed by atoms with Gasteiger partial charge in [-0.25, -0.2) is 8.42 Å². The molecule has 0 unspecified atom stereocenters. The number of methoxy groups -OCH3 is 1. The van der Waals surface area contributed by atoms with Crippen molar-refractivity contribution < 1.29 is 22.5 Å². The molecule has 36 heavy (non-hydrogen) atoms. The zero-order valence-corrected chi connectivity index (χ0v) is 21.5. The number of aryl methyl sites for hydroxylation is 2. The molecule has 0 atom stereocenters. The highest BCUT2D eigenvalue weighted by Gasteiger charge is 2.35. The number of nitrogens with zero attached hydrogens (tertiary/aromatic N) is 2. The average molecular weight is 510 g/mol. The van der Waals surface area contributed by atoms with Gasteiger partial charge in [0.05, 0.1) is 7.11 Å². The van der Waals surface area contributed by atoms with E-state index < -0.39 is 10.0 Å². The first kappa shape index (κ1) is 25.7. The van der Waals surface area contributed by atoms with E-state index in [0.717, 1.165) is 22.4 Å². The quantitative estimate of drug-likeness (QED) is 0.489. The second-order valence-corrected chi connectivity index (χ2v) is 10.8. The van der Waals surface area contributed by atoms with Crippen molar-refractivity contribution in [1.82, 2.24) is 14.8 Å². The Hall–Kier alpha value is -3.43. The van der Waals surface area contributed by atoms with Crippen LogP contribution in [0.5, 0.6) is 5.75 Å². The van der Waals surface area contributed by atoms with E-state index in [1.54, 1.807) is 26.2 Å². The first-order valence-electron chi connectivity index (χ1n) is 11.9. The molecular weight excluding hydrogens is 478 g/mol. The van der Waals surface area contributed by atoms with Crippen LogP contribution in [0.4, 0.5) is 0 Å². The number of carbonyl (C=O) groups excluding carboxylic acids is 1. The molecule has 3 aromatic rings. The molecule has 8 nitrogen and oxygen atoms in total. The van der Waals surface area contributed by atoms with E-state index in [-0.39, 0.29) is 35.6 Å². The van der Waals surface area contributed by atoms with Gasteiger partial charge in [0.2, 0.25) is 15.9 Å². The number of hydrogen-bond donors (Lipinski definition) is 1. The number of amides is 1. The summed E-state index contributed by atoms with van der Waals surface area (Å²) in [6.45, 7) is 4.56. The molecule has 1 aliphatic rings. The fourth-order valence-electron chi connectivity index (χ4n) is 4.21. The molecule has 0 radical (unpaired) electrons. The number of hydrogen-bond acceptors (Lipinski definition) is 6. The number of rotatable bonds is 8. The van der Waals surface area contributed by atoms with Gasteiger partial charge in [-0.1, -0.05) is 53.2 Å². The van der Waals surface area contributed by atoms with Gasteiger partial charge in [-0.05, 0) is 56.0 Å². The highest BCUT2D eigenvalue weighted by molar-refractivity contribution is 7.89. The van der Waals surface area contributed by atoms with Crippen molar-refractivity contribution >= 4 is 28.1 Å². The number of aromatic nitrogens is 1. The maximum Gasteiger partial charge on any atom is 0.248 e. The predicted molar refractivity (Wildman–Crippen MR) is 138 cm³/mol. The van der Waals surface area contributed by atoms with Crippen molar-refractivity contribution in [1.29, 1.82) is 0 Å². The van der Waals surface area contributed by atoms with Crippen molar-refractivity contribution in [3.8, 4) is 5.75 Å². The first-order valence-corrected chi connectivity index (χ1v) is 13.3. The largest absolute Gasteiger partial charge is 0.497 e. The lowest BCUT2D eigenvalue weighted by Crippen LogP contribution is -2.43. The Morgan fingerprint density at radius 3 is 2.39 bits per heavy atom. The van der Waals surface area contributed by atoms with Crippen LogP contribution in [0.15, 0.2) is 57.9 Å². The average Bonchev–Trinajstić information content (AvgIpc) is 3.28. The van der Waals surface area contributed by atoms with Crippen LogP contribution in [0, 0.1) is 19.8 Å². The lowest BCUT2D eigenvalue weighted by molar-refractivity contribution is -0.126. The molecule has 0 bridgehead atoms. The van der Waals surface area contributed by atoms with Gasteiger partial charge in [-0.15, -0.1) is 0 Å². The van der Waals surface area contributed by atoms with Crippen LogP contribution in [-0.4, -0.2) is 44.0 Å². The normalized spacial score (nSPS) is 15.3.